The Morgan fingerprint density at radius 2 is 2.20 bits per heavy atom. The van der Waals surface area contributed by atoms with Gasteiger partial charge in [-0.1, -0.05) is 13.8 Å². The van der Waals surface area contributed by atoms with Crippen LogP contribution in [0.3, 0.4) is 0 Å². The molecule has 0 aliphatic heterocycles. The molecule has 0 fully saturated rings. The molecule has 138 valence electrons. The number of nitrogens with one attached hydrogen (secondary N) is 1. The second-order valence-electron chi connectivity index (χ2n) is 6.14. The van der Waals surface area contributed by atoms with Crippen LogP contribution in [-0.2, 0) is 16.3 Å². The van der Waals surface area contributed by atoms with Crippen LogP contribution in [0.5, 0.6) is 0 Å². The number of aliphatic carboxylic acids is 1. The quantitative estimate of drug-likeness (QED) is 0.391. The molecule has 0 radical (unpaired) electrons. The summed E-state index contributed by atoms with van der Waals surface area (Å²) in [6.45, 7) is 2.85. The lowest BCUT2D eigenvalue weighted by Gasteiger charge is -2.32. The van der Waals surface area contributed by atoms with Crippen molar-refractivity contribution in [3.05, 3.63) is 16.7 Å². The number of carboxylic acid groups (broad SMARTS) is 1. The molecular formula is C14H22N6O5. The lowest BCUT2D eigenvalue weighted by molar-refractivity contribution is -0.148. The molecule has 0 saturated heterocycles. The monoisotopic (exact) mass is 354 g/mol. The number of hydrogen-bond acceptors (Lipinski definition) is 8. The third-order valence-electron chi connectivity index (χ3n) is 4.14. The van der Waals surface area contributed by atoms with Gasteiger partial charge in [-0.2, -0.15) is 4.98 Å². The van der Waals surface area contributed by atoms with Gasteiger partial charge in [0.15, 0.2) is 11.2 Å². The first-order valence-corrected chi connectivity index (χ1v) is 7.64. The molecule has 11 heteroatoms. The molecule has 0 aliphatic rings. The van der Waals surface area contributed by atoms with Crippen LogP contribution in [0.15, 0.2) is 11.1 Å². The predicted octanol–water partition coefficient (Wildman–Crippen LogP) is -1.13. The van der Waals surface area contributed by atoms with E-state index in [9.17, 15) is 19.8 Å². The molecule has 11 nitrogen and oxygen atoms in total. The molecule has 2 aromatic heterocycles. The number of nitrogen functional groups attached to an aromatic ring is 1. The topological polar surface area (TPSA) is 182 Å². The Kier molecular flexibility index (Phi) is 5.40. The molecule has 2 unspecified atom stereocenters. The maximum absolute atomic E-state index is 11.7. The minimum atomic E-state index is -1.54. The summed E-state index contributed by atoms with van der Waals surface area (Å²) < 4.78 is 6.98. The maximum atomic E-state index is 11.7. The van der Waals surface area contributed by atoms with Gasteiger partial charge < -0.3 is 26.4 Å². The fourth-order valence-corrected chi connectivity index (χ4v) is 2.37. The standard InChI is InChI=1S/C14H22N6O5/c1-7(2)14(16,12(23)24)3-8(4-21)25-6-20-5-17-9-10(20)18-13(15)19-11(9)22/h5,7-8,21H,3-4,6,16H2,1-2H3,(H,23,24)(H3,15,18,19,22). The molecule has 0 spiro atoms. The predicted molar refractivity (Wildman–Crippen MR) is 88.5 cm³/mol. The first-order chi connectivity index (χ1) is 11.7. The van der Waals surface area contributed by atoms with Crippen LogP contribution in [0, 0.1) is 5.92 Å². The number of carboxylic acids is 1. The fourth-order valence-electron chi connectivity index (χ4n) is 2.37. The van der Waals surface area contributed by atoms with Gasteiger partial charge in [0.1, 0.15) is 12.3 Å². The highest BCUT2D eigenvalue weighted by Crippen LogP contribution is 2.22. The largest absolute Gasteiger partial charge is 0.480 e. The van der Waals surface area contributed by atoms with E-state index < -0.39 is 29.8 Å². The number of aliphatic hydroxyl groups is 1. The molecule has 2 aromatic rings. The molecule has 7 N–H and O–H groups in total. The zero-order valence-electron chi connectivity index (χ0n) is 14.0. The minimum Gasteiger partial charge on any atom is -0.480 e. The van der Waals surface area contributed by atoms with Gasteiger partial charge >= 0.3 is 5.97 Å². The first-order valence-electron chi connectivity index (χ1n) is 7.64. The lowest BCUT2D eigenvalue weighted by atomic mass is 9.82. The molecule has 0 saturated carbocycles. The summed E-state index contributed by atoms with van der Waals surface area (Å²) in [7, 11) is 0. The van der Waals surface area contributed by atoms with E-state index >= 15 is 0 Å². The van der Waals surface area contributed by atoms with Gasteiger partial charge in [-0.15, -0.1) is 0 Å². The molecule has 25 heavy (non-hydrogen) atoms. The van der Waals surface area contributed by atoms with Crippen molar-refractivity contribution in [3.8, 4) is 0 Å². The fraction of sp³-hybridized carbons (Fsp3) is 0.571. The Balaban J connectivity index is 2.16. The summed E-state index contributed by atoms with van der Waals surface area (Å²) in [6.07, 6.45) is 0.440. The van der Waals surface area contributed by atoms with E-state index in [1.54, 1.807) is 13.8 Å². The van der Waals surface area contributed by atoms with Crippen molar-refractivity contribution < 1.29 is 19.7 Å². The van der Waals surface area contributed by atoms with Crippen molar-refractivity contribution in [1.82, 2.24) is 19.5 Å². The Labute approximate surface area is 142 Å². The number of nitrogens with zero attached hydrogens (tertiary/aromatic N) is 3. The average molecular weight is 354 g/mol. The lowest BCUT2D eigenvalue weighted by Crippen LogP contribution is -2.55. The van der Waals surface area contributed by atoms with Gasteiger partial charge in [-0.3, -0.25) is 19.1 Å². The molecular weight excluding hydrogens is 332 g/mol. The van der Waals surface area contributed by atoms with Crippen LogP contribution in [0.1, 0.15) is 20.3 Å². The number of nitrogens with two attached hydrogens (primary N) is 2. The van der Waals surface area contributed by atoms with E-state index in [1.807, 2.05) is 0 Å². The number of imidazole rings is 1. The number of ether oxygens (including phenoxy) is 1. The third-order valence-corrected chi connectivity index (χ3v) is 4.14. The molecule has 0 bridgehead atoms. The number of aliphatic hydroxyl groups excluding tert-OH is 1. The van der Waals surface area contributed by atoms with E-state index in [-0.39, 0.29) is 36.2 Å². The normalized spacial score (nSPS) is 15.4. The Morgan fingerprint density at radius 3 is 2.76 bits per heavy atom. The Bertz CT molecular complexity index is 816. The van der Waals surface area contributed by atoms with Gasteiger partial charge in [0.25, 0.3) is 5.56 Å². The zero-order valence-corrected chi connectivity index (χ0v) is 14.0. The Hall–Kier alpha value is -2.50. The summed E-state index contributed by atoms with van der Waals surface area (Å²) >= 11 is 0. The molecule has 0 aromatic carbocycles. The van der Waals surface area contributed by atoms with E-state index in [0.717, 1.165) is 0 Å². The van der Waals surface area contributed by atoms with Gasteiger partial charge in [-0.05, 0) is 5.92 Å². The number of carbonyl (C=O) groups is 1. The molecule has 0 amide bonds. The highest BCUT2D eigenvalue weighted by molar-refractivity contribution is 5.78. The van der Waals surface area contributed by atoms with Crippen LogP contribution >= 0.6 is 0 Å². The van der Waals surface area contributed by atoms with E-state index in [4.69, 9.17) is 16.2 Å². The van der Waals surface area contributed by atoms with Crippen molar-refractivity contribution in [3.63, 3.8) is 0 Å². The van der Waals surface area contributed by atoms with E-state index in [2.05, 4.69) is 15.0 Å². The second kappa shape index (κ2) is 7.17. The summed E-state index contributed by atoms with van der Waals surface area (Å²) in [6, 6.07) is 0. The van der Waals surface area contributed by atoms with Gasteiger partial charge in [0, 0.05) is 6.42 Å². The van der Waals surface area contributed by atoms with Crippen LogP contribution in [0.4, 0.5) is 5.95 Å². The molecule has 2 rings (SSSR count). The molecule has 2 atom stereocenters. The van der Waals surface area contributed by atoms with Crippen LogP contribution < -0.4 is 17.0 Å². The van der Waals surface area contributed by atoms with Crippen LogP contribution in [-0.4, -0.2) is 54.0 Å². The zero-order chi connectivity index (χ0) is 18.8. The summed E-state index contributed by atoms with van der Waals surface area (Å²) in [4.78, 5) is 33.4. The number of H-pyrrole nitrogens is 1. The third kappa shape index (κ3) is 3.78. The maximum Gasteiger partial charge on any atom is 0.324 e. The van der Waals surface area contributed by atoms with E-state index in [1.165, 1.54) is 10.9 Å². The molecule has 0 aliphatic carbocycles. The van der Waals surface area contributed by atoms with Crippen molar-refractivity contribution in [1.29, 1.82) is 0 Å². The first kappa shape index (κ1) is 18.8. The second-order valence-corrected chi connectivity index (χ2v) is 6.14. The van der Waals surface area contributed by atoms with Crippen molar-refractivity contribution in [2.24, 2.45) is 11.7 Å². The summed E-state index contributed by atoms with van der Waals surface area (Å²) in [5, 5.41) is 18.9. The SMILES string of the molecule is CC(C)C(N)(CC(CO)OCn1cnc2c(=O)[nH]c(N)nc21)C(=O)O. The van der Waals surface area contributed by atoms with Crippen LogP contribution in [0.2, 0.25) is 0 Å². The van der Waals surface area contributed by atoms with Gasteiger partial charge in [-0.25, -0.2) is 4.98 Å². The van der Waals surface area contributed by atoms with Crippen molar-refractivity contribution in [2.75, 3.05) is 12.3 Å². The number of anilines is 1. The number of aromatic nitrogens is 4. The summed E-state index contributed by atoms with van der Waals surface area (Å²) in [5.74, 6) is -1.60. The number of hydrogen-bond donors (Lipinski definition) is 5. The highest BCUT2D eigenvalue weighted by Gasteiger charge is 2.40. The number of rotatable bonds is 8. The van der Waals surface area contributed by atoms with E-state index in [0.29, 0.717) is 0 Å². The smallest absolute Gasteiger partial charge is 0.324 e. The number of aromatic amines is 1. The van der Waals surface area contributed by atoms with Crippen molar-refractivity contribution >= 4 is 23.1 Å². The minimum absolute atomic E-state index is 0.0652. The Morgan fingerprint density at radius 1 is 1.52 bits per heavy atom. The van der Waals surface area contributed by atoms with Gasteiger partial charge in [0.05, 0.1) is 19.0 Å². The van der Waals surface area contributed by atoms with Gasteiger partial charge in [0.2, 0.25) is 5.95 Å². The summed E-state index contributed by atoms with van der Waals surface area (Å²) in [5.41, 5.74) is 9.77. The average Bonchev–Trinajstić information content (AvgIpc) is 2.93. The van der Waals surface area contributed by atoms with Crippen molar-refractivity contribution in [2.45, 2.75) is 38.6 Å². The number of fused-ring (bicyclic) bond motifs is 1. The highest BCUT2D eigenvalue weighted by atomic mass is 16.5. The molecule has 2 heterocycles. The van der Waals surface area contributed by atoms with Crippen LogP contribution in [0.25, 0.3) is 11.2 Å².